The van der Waals surface area contributed by atoms with Gasteiger partial charge < -0.3 is 9.88 Å². The molecule has 3 nitrogen and oxygen atoms in total. The van der Waals surface area contributed by atoms with Gasteiger partial charge >= 0.3 is 0 Å². The van der Waals surface area contributed by atoms with Gasteiger partial charge in [0.15, 0.2) is 0 Å². The maximum absolute atomic E-state index is 12.4. The third kappa shape index (κ3) is 4.72. The van der Waals surface area contributed by atoms with Crippen molar-refractivity contribution in [2.75, 3.05) is 11.1 Å². The Hall–Kier alpha value is -2.69. The number of halogens is 1. The zero-order valence-electron chi connectivity index (χ0n) is 17.0. The Bertz CT molecular complexity index is 1210. The minimum atomic E-state index is -0.0476. The first-order valence-corrected chi connectivity index (χ1v) is 11.2. The molecule has 152 valence electrons. The van der Waals surface area contributed by atoms with E-state index in [9.17, 15) is 4.79 Å². The number of fused-ring (bicyclic) bond motifs is 1. The molecule has 4 rings (SSSR count). The summed E-state index contributed by atoms with van der Waals surface area (Å²) in [7, 11) is 0. The van der Waals surface area contributed by atoms with E-state index in [1.54, 1.807) is 23.9 Å². The third-order valence-electron chi connectivity index (χ3n) is 5.06. The Morgan fingerprint density at radius 2 is 1.87 bits per heavy atom. The van der Waals surface area contributed by atoms with E-state index in [2.05, 4.69) is 66.3 Å². The molecule has 0 saturated carbocycles. The largest absolute Gasteiger partial charge is 0.342 e. The van der Waals surface area contributed by atoms with Gasteiger partial charge in [0, 0.05) is 39.3 Å². The lowest BCUT2D eigenvalue weighted by molar-refractivity contribution is -0.113. The third-order valence-corrected chi connectivity index (χ3v) is 6.34. The number of aryl methyl sites for hydroxylation is 2. The highest BCUT2D eigenvalue weighted by molar-refractivity contribution is 8.00. The standard InChI is InChI=1S/C25H23ClN2OS/c1-17-10-11-18(2)19(12-17)14-28-15-24(22-8-3-4-9-23(22)28)30-16-25(29)27-21-7-5-6-20(26)13-21/h3-13,15H,14,16H2,1-2H3,(H,27,29). The highest BCUT2D eigenvalue weighted by Crippen LogP contribution is 2.31. The summed E-state index contributed by atoms with van der Waals surface area (Å²) in [5.41, 5.74) is 5.75. The predicted octanol–water partition coefficient (Wildman–Crippen LogP) is 6.69. The van der Waals surface area contributed by atoms with Crippen LogP contribution in [0.4, 0.5) is 5.69 Å². The SMILES string of the molecule is Cc1ccc(C)c(Cn2cc(SCC(=O)Nc3cccc(Cl)c3)c3ccccc32)c1. The zero-order valence-corrected chi connectivity index (χ0v) is 18.6. The number of carbonyl (C=O) groups excluding carboxylic acids is 1. The van der Waals surface area contributed by atoms with Crippen LogP contribution in [0, 0.1) is 13.8 Å². The van der Waals surface area contributed by atoms with E-state index in [1.165, 1.54) is 27.6 Å². The second-order valence-corrected chi connectivity index (χ2v) is 8.87. The first kappa shape index (κ1) is 20.6. The minimum Gasteiger partial charge on any atom is -0.342 e. The van der Waals surface area contributed by atoms with Crippen LogP contribution >= 0.6 is 23.4 Å². The molecule has 1 amide bonds. The number of hydrogen-bond donors (Lipinski definition) is 1. The molecule has 0 bridgehead atoms. The number of para-hydroxylation sites is 1. The number of hydrogen-bond acceptors (Lipinski definition) is 2. The fourth-order valence-electron chi connectivity index (χ4n) is 3.52. The van der Waals surface area contributed by atoms with Crippen molar-refractivity contribution in [1.82, 2.24) is 4.57 Å². The van der Waals surface area contributed by atoms with Gasteiger partial charge in [-0.1, -0.05) is 59.6 Å². The van der Waals surface area contributed by atoms with E-state index in [4.69, 9.17) is 11.6 Å². The van der Waals surface area contributed by atoms with Crippen molar-refractivity contribution >= 4 is 45.9 Å². The monoisotopic (exact) mass is 434 g/mol. The molecule has 30 heavy (non-hydrogen) atoms. The Labute approximate surface area is 186 Å². The maximum Gasteiger partial charge on any atom is 0.234 e. The van der Waals surface area contributed by atoms with Gasteiger partial charge in [0.1, 0.15) is 0 Å². The van der Waals surface area contributed by atoms with Gasteiger partial charge in [0.05, 0.1) is 5.75 Å². The fraction of sp³-hybridized carbons (Fsp3) is 0.160. The van der Waals surface area contributed by atoms with Crippen LogP contribution < -0.4 is 5.32 Å². The van der Waals surface area contributed by atoms with Gasteiger partial charge in [-0.3, -0.25) is 4.79 Å². The topological polar surface area (TPSA) is 34.0 Å². The molecule has 0 aliphatic rings. The lowest BCUT2D eigenvalue weighted by atomic mass is 10.1. The zero-order chi connectivity index (χ0) is 21.1. The second kappa shape index (κ2) is 8.99. The lowest BCUT2D eigenvalue weighted by Crippen LogP contribution is -2.13. The number of carbonyl (C=O) groups is 1. The van der Waals surface area contributed by atoms with Gasteiger partial charge in [-0.2, -0.15) is 0 Å². The molecule has 1 aromatic heterocycles. The molecule has 0 saturated heterocycles. The van der Waals surface area contributed by atoms with Gasteiger partial charge in [0.25, 0.3) is 0 Å². The molecule has 4 aromatic rings. The van der Waals surface area contributed by atoms with Crippen LogP contribution in [-0.4, -0.2) is 16.2 Å². The average Bonchev–Trinajstić information content (AvgIpc) is 3.07. The van der Waals surface area contributed by atoms with Crippen molar-refractivity contribution in [3.05, 3.63) is 94.6 Å². The predicted molar refractivity (Wildman–Crippen MR) is 128 cm³/mol. The average molecular weight is 435 g/mol. The second-order valence-electron chi connectivity index (χ2n) is 7.42. The Morgan fingerprint density at radius 1 is 1.03 bits per heavy atom. The number of rotatable bonds is 6. The Kier molecular flexibility index (Phi) is 6.16. The number of thioether (sulfide) groups is 1. The van der Waals surface area contributed by atoms with E-state index < -0.39 is 0 Å². The first-order valence-electron chi connectivity index (χ1n) is 9.82. The van der Waals surface area contributed by atoms with Crippen molar-refractivity contribution in [2.24, 2.45) is 0 Å². The number of aromatic nitrogens is 1. The van der Waals surface area contributed by atoms with Crippen molar-refractivity contribution in [3.63, 3.8) is 0 Å². The molecule has 1 N–H and O–H groups in total. The molecule has 0 aliphatic heterocycles. The summed E-state index contributed by atoms with van der Waals surface area (Å²) in [5.74, 6) is 0.290. The number of nitrogens with one attached hydrogen (secondary N) is 1. The lowest BCUT2D eigenvalue weighted by Gasteiger charge is -2.09. The number of anilines is 1. The van der Waals surface area contributed by atoms with Crippen LogP contribution in [0.15, 0.2) is 77.8 Å². The molecule has 0 fully saturated rings. The van der Waals surface area contributed by atoms with Crippen LogP contribution in [0.2, 0.25) is 5.02 Å². The van der Waals surface area contributed by atoms with E-state index in [0.717, 1.165) is 11.4 Å². The van der Waals surface area contributed by atoms with E-state index in [1.807, 2.05) is 18.2 Å². The molecule has 1 heterocycles. The summed E-state index contributed by atoms with van der Waals surface area (Å²) in [5, 5.41) is 4.69. The summed E-state index contributed by atoms with van der Waals surface area (Å²) in [4.78, 5) is 13.5. The van der Waals surface area contributed by atoms with Crippen molar-refractivity contribution in [3.8, 4) is 0 Å². The van der Waals surface area contributed by atoms with Crippen LogP contribution in [0.1, 0.15) is 16.7 Å². The molecule has 0 aliphatic carbocycles. The van der Waals surface area contributed by atoms with Crippen LogP contribution in [0.25, 0.3) is 10.9 Å². The molecule has 0 unspecified atom stereocenters. The first-order chi connectivity index (χ1) is 14.5. The van der Waals surface area contributed by atoms with E-state index in [-0.39, 0.29) is 5.91 Å². The molecule has 0 spiro atoms. The maximum atomic E-state index is 12.4. The summed E-state index contributed by atoms with van der Waals surface area (Å²) < 4.78 is 2.27. The number of amides is 1. The van der Waals surface area contributed by atoms with Gasteiger partial charge in [-0.05, 0) is 49.2 Å². The summed E-state index contributed by atoms with van der Waals surface area (Å²) in [6.07, 6.45) is 2.16. The molecule has 5 heteroatoms. The van der Waals surface area contributed by atoms with Crippen molar-refractivity contribution in [2.45, 2.75) is 25.3 Å². The van der Waals surface area contributed by atoms with E-state index in [0.29, 0.717) is 16.5 Å². The molecule has 0 atom stereocenters. The summed E-state index contributed by atoms with van der Waals surface area (Å²) in [6, 6.07) is 22.1. The quantitative estimate of drug-likeness (QED) is 0.343. The summed E-state index contributed by atoms with van der Waals surface area (Å²) >= 11 is 7.55. The minimum absolute atomic E-state index is 0.0476. The smallest absolute Gasteiger partial charge is 0.234 e. The van der Waals surface area contributed by atoms with Gasteiger partial charge in [0.2, 0.25) is 5.91 Å². The molecule has 3 aromatic carbocycles. The molecular weight excluding hydrogens is 412 g/mol. The molecule has 0 radical (unpaired) electrons. The molecular formula is C25H23ClN2OS. The Morgan fingerprint density at radius 3 is 2.70 bits per heavy atom. The van der Waals surface area contributed by atoms with Crippen LogP contribution in [0.5, 0.6) is 0 Å². The van der Waals surface area contributed by atoms with Gasteiger partial charge in [-0.25, -0.2) is 0 Å². The van der Waals surface area contributed by atoms with Crippen molar-refractivity contribution < 1.29 is 4.79 Å². The van der Waals surface area contributed by atoms with E-state index >= 15 is 0 Å². The summed E-state index contributed by atoms with van der Waals surface area (Å²) in [6.45, 7) is 5.08. The fourth-order valence-corrected chi connectivity index (χ4v) is 4.60. The van der Waals surface area contributed by atoms with Crippen molar-refractivity contribution in [1.29, 1.82) is 0 Å². The highest BCUT2D eigenvalue weighted by atomic mass is 35.5. The van der Waals surface area contributed by atoms with Gasteiger partial charge in [-0.15, -0.1) is 11.8 Å². The Balaban J connectivity index is 1.53. The van der Waals surface area contributed by atoms with Crippen LogP contribution in [-0.2, 0) is 11.3 Å². The number of benzene rings is 3. The highest BCUT2D eigenvalue weighted by Gasteiger charge is 2.12. The van der Waals surface area contributed by atoms with Crippen LogP contribution in [0.3, 0.4) is 0 Å². The number of nitrogens with zero attached hydrogens (tertiary/aromatic N) is 1. The normalized spacial score (nSPS) is 11.0.